The number of ketones is 1. The molecule has 0 radical (unpaired) electrons. The highest BCUT2D eigenvalue weighted by Gasteiger charge is 2.29. The number of hydrogen-bond acceptors (Lipinski definition) is 4. The van der Waals surface area contributed by atoms with Crippen molar-refractivity contribution in [2.45, 2.75) is 20.8 Å². The van der Waals surface area contributed by atoms with Crippen LogP contribution in [0.25, 0.3) is 0 Å². The van der Waals surface area contributed by atoms with Gasteiger partial charge in [0.1, 0.15) is 5.57 Å². The molecule has 0 saturated carbocycles. The minimum atomic E-state index is -2.12. The highest BCUT2D eigenvalue weighted by atomic mass is 19.2. The first-order chi connectivity index (χ1) is 11.3. The average Bonchev–Trinajstić information content (AvgIpc) is 2.57. The van der Waals surface area contributed by atoms with Crippen LogP contribution in [0.2, 0.25) is 0 Å². The quantitative estimate of drug-likeness (QED) is 0.111. The number of nitrogens with zero attached hydrogens (tertiary/aromatic N) is 1. The van der Waals surface area contributed by atoms with Crippen LogP contribution in [0.5, 0.6) is 0 Å². The van der Waals surface area contributed by atoms with E-state index >= 15 is 0 Å². The van der Waals surface area contributed by atoms with Crippen molar-refractivity contribution >= 4 is 11.8 Å². The van der Waals surface area contributed by atoms with E-state index in [-0.39, 0.29) is 12.7 Å². The molecule has 0 unspecified atom stereocenters. The Morgan fingerprint density at radius 3 is 2.12 bits per heavy atom. The summed E-state index contributed by atoms with van der Waals surface area (Å²) in [4.78, 5) is 25.9. The molecule has 0 aliphatic heterocycles. The summed E-state index contributed by atoms with van der Waals surface area (Å²) < 4.78 is 58.2. The van der Waals surface area contributed by atoms with Crippen LogP contribution >= 0.6 is 0 Å². The maximum atomic E-state index is 13.8. The minimum absolute atomic E-state index is 0.0592. The van der Waals surface area contributed by atoms with E-state index in [4.69, 9.17) is 4.74 Å². The van der Waals surface area contributed by atoms with Crippen LogP contribution in [0.4, 0.5) is 17.6 Å². The molecule has 1 aromatic rings. The maximum absolute atomic E-state index is 13.8. The number of ether oxygens (including phenoxy) is 1. The minimum Gasteiger partial charge on any atom is -0.462 e. The van der Waals surface area contributed by atoms with Crippen molar-refractivity contribution in [3.05, 3.63) is 46.7 Å². The maximum Gasteiger partial charge on any atom is 0.343 e. The molecule has 0 amide bonds. The van der Waals surface area contributed by atoms with Crippen LogP contribution in [0, 0.1) is 23.3 Å². The van der Waals surface area contributed by atoms with E-state index < -0.39 is 46.2 Å². The Hall–Kier alpha value is -2.38. The summed E-state index contributed by atoms with van der Waals surface area (Å²) in [7, 11) is 0. The Balaban J connectivity index is 3.44. The number of carbonyl (C=O) groups excluding carboxylic acids is 2. The molecule has 0 aliphatic carbocycles. The first-order valence-corrected chi connectivity index (χ1v) is 7.28. The van der Waals surface area contributed by atoms with E-state index in [0.717, 1.165) is 6.20 Å². The van der Waals surface area contributed by atoms with Gasteiger partial charge in [-0.15, -0.1) is 0 Å². The zero-order valence-electron chi connectivity index (χ0n) is 13.5. The lowest BCUT2D eigenvalue weighted by Gasteiger charge is -2.17. The summed E-state index contributed by atoms with van der Waals surface area (Å²) in [5.74, 6) is -10.1. The summed E-state index contributed by atoms with van der Waals surface area (Å²) in [6, 6.07) is 0.214. The van der Waals surface area contributed by atoms with Crippen LogP contribution < -0.4 is 0 Å². The number of halogens is 4. The van der Waals surface area contributed by atoms with Crippen molar-refractivity contribution in [2.24, 2.45) is 0 Å². The fourth-order valence-corrected chi connectivity index (χ4v) is 1.88. The predicted molar refractivity (Wildman–Crippen MR) is 78.2 cm³/mol. The van der Waals surface area contributed by atoms with Crippen molar-refractivity contribution in [3.8, 4) is 0 Å². The zero-order chi connectivity index (χ0) is 18.4. The second-order valence-electron chi connectivity index (χ2n) is 4.66. The van der Waals surface area contributed by atoms with Crippen LogP contribution in [0.15, 0.2) is 17.8 Å². The first-order valence-electron chi connectivity index (χ1n) is 7.28. The van der Waals surface area contributed by atoms with Gasteiger partial charge >= 0.3 is 5.97 Å². The molecule has 1 aromatic carbocycles. The third-order valence-electron chi connectivity index (χ3n) is 3.21. The van der Waals surface area contributed by atoms with E-state index in [1.54, 1.807) is 13.8 Å². The average molecular weight is 347 g/mol. The molecule has 0 bridgehead atoms. The van der Waals surface area contributed by atoms with E-state index in [1.807, 2.05) is 0 Å². The molecule has 0 atom stereocenters. The highest BCUT2D eigenvalue weighted by molar-refractivity contribution is 6.24. The van der Waals surface area contributed by atoms with Crippen molar-refractivity contribution in [1.82, 2.24) is 4.90 Å². The van der Waals surface area contributed by atoms with Gasteiger partial charge in [-0.1, -0.05) is 0 Å². The molecule has 0 heterocycles. The third-order valence-corrected chi connectivity index (χ3v) is 3.21. The van der Waals surface area contributed by atoms with Gasteiger partial charge in [-0.2, -0.15) is 0 Å². The molecule has 0 fully saturated rings. The lowest BCUT2D eigenvalue weighted by molar-refractivity contribution is -0.138. The molecule has 0 N–H and O–H groups in total. The number of hydrogen-bond donors (Lipinski definition) is 0. The molecular formula is C16H17F4NO3. The van der Waals surface area contributed by atoms with Crippen molar-refractivity contribution < 1.29 is 31.9 Å². The predicted octanol–water partition coefficient (Wildman–Crippen LogP) is 3.21. The van der Waals surface area contributed by atoms with Gasteiger partial charge in [0.15, 0.2) is 23.3 Å². The van der Waals surface area contributed by atoms with Crippen LogP contribution in [0.3, 0.4) is 0 Å². The largest absolute Gasteiger partial charge is 0.462 e. The molecule has 132 valence electrons. The van der Waals surface area contributed by atoms with Gasteiger partial charge in [-0.3, -0.25) is 4.79 Å². The molecule has 0 spiro atoms. The first kappa shape index (κ1) is 19.7. The smallest absolute Gasteiger partial charge is 0.343 e. The number of benzene rings is 1. The molecule has 0 saturated heterocycles. The topological polar surface area (TPSA) is 46.6 Å². The number of esters is 1. The van der Waals surface area contributed by atoms with E-state index in [0.29, 0.717) is 13.1 Å². The molecule has 1 rings (SSSR count). The van der Waals surface area contributed by atoms with E-state index in [2.05, 4.69) is 0 Å². The van der Waals surface area contributed by atoms with E-state index in [1.165, 1.54) is 11.8 Å². The Kier molecular flexibility index (Phi) is 6.94. The summed E-state index contributed by atoms with van der Waals surface area (Å²) in [6.45, 7) is 5.75. The van der Waals surface area contributed by atoms with Gasteiger partial charge in [0.25, 0.3) is 0 Å². The Labute approximate surface area is 136 Å². The number of carbonyl (C=O) groups is 2. The Bertz CT molecular complexity index is 670. The number of Topliss-reactive ketones (excluding diaryl/α,β-unsaturated/α-hetero) is 1. The number of rotatable bonds is 7. The monoisotopic (exact) mass is 347 g/mol. The normalized spacial score (nSPS) is 11.4. The summed E-state index contributed by atoms with van der Waals surface area (Å²) in [5, 5.41) is 0. The van der Waals surface area contributed by atoms with Gasteiger partial charge in [-0.25, -0.2) is 22.4 Å². The van der Waals surface area contributed by atoms with Crippen LogP contribution in [0.1, 0.15) is 31.1 Å². The molecule has 4 nitrogen and oxygen atoms in total. The molecule has 8 heteroatoms. The fourth-order valence-electron chi connectivity index (χ4n) is 1.88. The standard InChI is InChI=1S/C16H17F4NO3/c1-4-21(5-2)8-10(16(23)24-6-3)15(22)9-7-11(17)13(19)14(20)12(9)18/h7-8H,4-6H2,1-3H3. The summed E-state index contributed by atoms with van der Waals surface area (Å²) in [6.07, 6.45) is 1.12. The second-order valence-corrected chi connectivity index (χ2v) is 4.66. The molecule has 24 heavy (non-hydrogen) atoms. The van der Waals surface area contributed by atoms with Crippen molar-refractivity contribution in [1.29, 1.82) is 0 Å². The summed E-state index contributed by atoms with van der Waals surface area (Å²) >= 11 is 0. The lowest BCUT2D eigenvalue weighted by atomic mass is 10.0. The lowest BCUT2D eigenvalue weighted by Crippen LogP contribution is -2.24. The van der Waals surface area contributed by atoms with Gasteiger partial charge in [0.2, 0.25) is 5.78 Å². The molecular weight excluding hydrogens is 330 g/mol. The van der Waals surface area contributed by atoms with Crippen molar-refractivity contribution in [2.75, 3.05) is 19.7 Å². The van der Waals surface area contributed by atoms with Gasteiger partial charge in [0.05, 0.1) is 12.2 Å². The second kappa shape index (κ2) is 8.47. The van der Waals surface area contributed by atoms with Crippen LogP contribution in [-0.2, 0) is 9.53 Å². The van der Waals surface area contributed by atoms with Gasteiger partial charge in [-0.05, 0) is 26.8 Å². The third kappa shape index (κ3) is 4.12. The SMILES string of the molecule is CCOC(=O)C(=CN(CC)CC)C(=O)c1cc(F)c(F)c(F)c1F. The van der Waals surface area contributed by atoms with E-state index in [9.17, 15) is 27.2 Å². The zero-order valence-corrected chi connectivity index (χ0v) is 13.5. The van der Waals surface area contributed by atoms with Gasteiger partial charge in [0, 0.05) is 19.3 Å². The van der Waals surface area contributed by atoms with Crippen molar-refractivity contribution in [3.63, 3.8) is 0 Å². The van der Waals surface area contributed by atoms with Gasteiger partial charge < -0.3 is 9.64 Å². The summed E-state index contributed by atoms with van der Waals surface area (Å²) in [5.41, 5.74) is -1.69. The highest BCUT2D eigenvalue weighted by Crippen LogP contribution is 2.22. The fraction of sp³-hybridized carbons (Fsp3) is 0.375. The Morgan fingerprint density at radius 1 is 1.04 bits per heavy atom. The molecule has 0 aromatic heterocycles. The van der Waals surface area contributed by atoms with Crippen LogP contribution in [-0.4, -0.2) is 36.3 Å². The molecule has 0 aliphatic rings. The Morgan fingerprint density at radius 2 is 1.62 bits per heavy atom.